The first-order chi connectivity index (χ1) is 13.1. The molecule has 0 aliphatic rings. The zero-order chi connectivity index (χ0) is 19.0. The van der Waals surface area contributed by atoms with Gasteiger partial charge in [-0.25, -0.2) is 4.68 Å². The molecule has 0 saturated carbocycles. The van der Waals surface area contributed by atoms with Crippen molar-refractivity contribution in [3.8, 4) is 5.69 Å². The Kier molecular flexibility index (Phi) is 4.28. The van der Waals surface area contributed by atoms with Gasteiger partial charge >= 0.3 is 0 Å². The molecular weight excluding hydrogens is 338 g/mol. The van der Waals surface area contributed by atoms with Crippen LogP contribution in [0, 0.1) is 6.92 Å². The summed E-state index contributed by atoms with van der Waals surface area (Å²) in [6.07, 6.45) is 1.63. The number of nitrogens with zero attached hydrogens (tertiary/aromatic N) is 3. The van der Waals surface area contributed by atoms with E-state index >= 15 is 0 Å². The van der Waals surface area contributed by atoms with Crippen LogP contribution in [-0.2, 0) is 0 Å². The van der Waals surface area contributed by atoms with Gasteiger partial charge in [-0.3, -0.25) is 4.79 Å². The van der Waals surface area contributed by atoms with E-state index in [1.54, 1.807) is 22.8 Å². The molecule has 0 aliphatic heterocycles. The van der Waals surface area contributed by atoms with Crippen LogP contribution in [0.3, 0.4) is 0 Å². The first kappa shape index (κ1) is 17.1. The second-order valence-corrected chi connectivity index (χ2v) is 6.67. The first-order valence-corrected chi connectivity index (χ1v) is 8.92. The fourth-order valence-corrected chi connectivity index (χ4v) is 3.21. The van der Waals surface area contributed by atoms with E-state index in [1.165, 1.54) is 0 Å². The summed E-state index contributed by atoms with van der Waals surface area (Å²) in [7, 11) is 1.79. The molecule has 1 amide bonds. The molecule has 0 fully saturated rings. The Morgan fingerprint density at radius 3 is 2.56 bits per heavy atom. The van der Waals surface area contributed by atoms with Crippen molar-refractivity contribution in [1.29, 1.82) is 0 Å². The van der Waals surface area contributed by atoms with Crippen LogP contribution in [0.1, 0.15) is 34.8 Å². The number of benzene rings is 2. The molecule has 4 aromatic rings. The molecule has 0 aliphatic carbocycles. The van der Waals surface area contributed by atoms with Crippen LogP contribution in [0.5, 0.6) is 0 Å². The molecule has 0 bridgehead atoms. The summed E-state index contributed by atoms with van der Waals surface area (Å²) in [5.74, 6) is 0.683. The maximum Gasteiger partial charge on any atom is 0.257 e. The molecule has 136 valence electrons. The average Bonchev–Trinajstić information content (AvgIpc) is 3.30. The lowest BCUT2D eigenvalue weighted by Gasteiger charge is -2.23. The molecule has 1 unspecified atom stereocenters. The second-order valence-electron chi connectivity index (χ2n) is 6.67. The molecule has 4 rings (SSSR count). The Morgan fingerprint density at radius 1 is 1.11 bits per heavy atom. The zero-order valence-electron chi connectivity index (χ0n) is 15.6. The van der Waals surface area contributed by atoms with Crippen molar-refractivity contribution in [2.75, 3.05) is 7.05 Å². The van der Waals surface area contributed by atoms with E-state index in [1.807, 2.05) is 74.5 Å². The van der Waals surface area contributed by atoms with Gasteiger partial charge in [0.1, 0.15) is 11.3 Å². The predicted molar refractivity (Wildman–Crippen MR) is 105 cm³/mol. The van der Waals surface area contributed by atoms with Gasteiger partial charge in [-0.2, -0.15) is 5.10 Å². The highest BCUT2D eigenvalue weighted by Gasteiger charge is 2.25. The first-order valence-electron chi connectivity index (χ1n) is 8.92. The summed E-state index contributed by atoms with van der Waals surface area (Å²) in [5.41, 5.74) is 3.16. The summed E-state index contributed by atoms with van der Waals surface area (Å²) in [6, 6.07) is 19.4. The Labute approximate surface area is 157 Å². The molecule has 5 heteroatoms. The summed E-state index contributed by atoms with van der Waals surface area (Å²) in [4.78, 5) is 14.8. The number of amides is 1. The molecule has 2 aromatic carbocycles. The largest absolute Gasteiger partial charge is 0.459 e. The fraction of sp³-hybridized carbons (Fsp3) is 0.182. The summed E-state index contributed by atoms with van der Waals surface area (Å²) < 4.78 is 7.71. The molecule has 0 spiro atoms. The van der Waals surface area contributed by atoms with Gasteiger partial charge in [0.25, 0.3) is 5.91 Å². The van der Waals surface area contributed by atoms with E-state index in [4.69, 9.17) is 4.42 Å². The topological polar surface area (TPSA) is 51.3 Å². The third-order valence-corrected chi connectivity index (χ3v) is 5.00. The van der Waals surface area contributed by atoms with Crippen LogP contribution in [0.2, 0.25) is 0 Å². The minimum atomic E-state index is -0.190. The molecule has 0 N–H and O–H groups in total. The molecular formula is C22H21N3O2. The van der Waals surface area contributed by atoms with Crippen molar-refractivity contribution >= 4 is 16.9 Å². The normalized spacial score (nSPS) is 12.3. The van der Waals surface area contributed by atoms with Crippen LogP contribution in [0.15, 0.2) is 71.3 Å². The van der Waals surface area contributed by atoms with Gasteiger partial charge in [0.15, 0.2) is 0 Å². The van der Waals surface area contributed by atoms with E-state index in [-0.39, 0.29) is 11.9 Å². The van der Waals surface area contributed by atoms with Gasteiger partial charge in [-0.1, -0.05) is 36.4 Å². The molecule has 0 saturated heterocycles. The van der Waals surface area contributed by atoms with E-state index in [9.17, 15) is 4.79 Å². The van der Waals surface area contributed by atoms with Gasteiger partial charge in [0.05, 0.1) is 29.2 Å². The van der Waals surface area contributed by atoms with Crippen LogP contribution < -0.4 is 0 Å². The molecule has 0 radical (unpaired) electrons. The number of carbonyl (C=O) groups is 1. The number of carbonyl (C=O) groups excluding carboxylic acids is 1. The molecule has 5 nitrogen and oxygen atoms in total. The van der Waals surface area contributed by atoms with Gasteiger partial charge in [0, 0.05) is 12.4 Å². The smallest absolute Gasteiger partial charge is 0.257 e. The Morgan fingerprint density at radius 2 is 1.81 bits per heavy atom. The molecule has 2 heterocycles. The number of aromatic nitrogens is 2. The van der Waals surface area contributed by atoms with Crippen molar-refractivity contribution in [1.82, 2.24) is 14.7 Å². The third-order valence-electron chi connectivity index (χ3n) is 5.00. The lowest BCUT2D eigenvalue weighted by atomic mass is 10.1. The minimum absolute atomic E-state index is 0.0809. The third kappa shape index (κ3) is 3.01. The van der Waals surface area contributed by atoms with Crippen molar-refractivity contribution < 1.29 is 9.21 Å². The number of fused-ring (bicyclic) bond motifs is 1. The number of hydrogen-bond donors (Lipinski definition) is 0. The number of para-hydroxylation sites is 2. The van der Waals surface area contributed by atoms with Gasteiger partial charge in [-0.15, -0.1) is 0 Å². The van der Waals surface area contributed by atoms with E-state index < -0.39 is 0 Å². The summed E-state index contributed by atoms with van der Waals surface area (Å²) in [5, 5.41) is 5.44. The maximum atomic E-state index is 13.1. The lowest BCUT2D eigenvalue weighted by Crippen LogP contribution is -2.29. The number of rotatable bonds is 4. The van der Waals surface area contributed by atoms with Gasteiger partial charge < -0.3 is 9.32 Å². The van der Waals surface area contributed by atoms with Crippen molar-refractivity contribution in [3.63, 3.8) is 0 Å². The molecule has 27 heavy (non-hydrogen) atoms. The van der Waals surface area contributed by atoms with Crippen LogP contribution in [0.4, 0.5) is 0 Å². The van der Waals surface area contributed by atoms with Gasteiger partial charge in [0.2, 0.25) is 0 Å². The van der Waals surface area contributed by atoms with E-state index in [0.29, 0.717) is 5.56 Å². The van der Waals surface area contributed by atoms with Crippen LogP contribution >= 0.6 is 0 Å². The predicted octanol–water partition coefficient (Wildman–Crippen LogP) is 4.76. The highest BCUT2D eigenvalue weighted by atomic mass is 16.3. The second kappa shape index (κ2) is 6.76. The molecule has 2 aromatic heterocycles. The Bertz CT molecular complexity index is 1060. The lowest BCUT2D eigenvalue weighted by molar-refractivity contribution is 0.0726. The summed E-state index contributed by atoms with van der Waals surface area (Å²) in [6.45, 7) is 3.87. The Balaban J connectivity index is 1.61. The minimum Gasteiger partial charge on any atom is -0.459 e. The highest BCUT2D eigenvalue weighted by molar-refractivity contribution is 5.95. The van der Waals surface area contributed by atoms with E-state index in [2.05, 4.69) is 5.10 Å². The fourth-order valence-electron chi connectivity index (χ4n) is 3.21. The summed E-state index contributed by atoms with van der Waals surface area (Å²) >= 11 is 0. The quantitative estimate of drug-likeness (QED) is 0.528. The van der Waals surface area contributed by atoms with Crippen LogP contribution in [-0.4, -0.2) is 27.6 Å². The number of furan rings is 1. The monoisotopic (exact) mass is 359 g/mol. The Hall–Kier alpha value is -3.34. The van der Waals surface area contributed by atoms with Crippen LogP contribution in [0.25, 0.3) is 16.7 Å². The SMILES string of the molecule is Cc1c(C(=O)N(C)C(C)c2cc3ccccc3o2)cnn1-c1ccccc1. The van der Waals surface area contributed by atoms with E-state index in [0.717, 1.165) is 28.1 Å². The average molecular weight is 359 g/mol. The zero-order valence-corrected chi connectivity index (χ0v) is 15.6. The number of hydrogen-bond acceptors (Lipinski definition) is 3. The van der Waals surface area contributed by atoms with Gasteiger partial charge in [-0.05, 0) is 38.1 Å². The highest BCUT2D eigenvalue weighted by Crippen LogP contribution is 2.28. The van der Waals surface area contributed by atoms with Crippen molar-refractivity contribution in [2.45, 2.75) is 19.9 Å². The maximum absolute atomic E-state index is 13.1. The van der Waals surface area contributed by atoms with Crippen molar-refractivity contribution in [3.05, 3.63) is 83.9 Å². The van der Waals surface area contributed by atoms with Crippen molar-refractivity contribution in [2.24, 2.45) is 0 Å². The molecule has 1 atom stereocenters. The standard InChI is InChI=1S/C22H21N3O2/c1-15-19(14-23-25(15)18-10-5-4-6-11-18)22(26)24(3)16(2)21-13-17-9-7-8-12-20(17)27-21/h4-14,16H,1-3H3.